The van der Waals surface area contributed by atoms with Crippen molar-refractivity contribution < 1.29 is 4.79 Å². The van der Waals surface area contributed by atoms with E-state index in [4.69, 9.17) is 5.73 Å². The molecule has 0 spiro atoms. The number of rotatable bonds is 0. The Balaban J connectivity index is 2.22. The number of carbonyl (C=O) groups excluding carboxylic acids is 1. The Morgan fingerprint density at radius 3 is 3.14 bits per heavy atom. The Kier molecular flexibility index (Phi) is 1.95. The zero-order valence-corrected chi connectivity index (χ0v) is 7.82. The van der Waals surface area contributed by atoms with Gasteiger partial charge in [0.05, 0.1) is 18.8 Å². The normalized spacial score (nSPS) is 13.9. The van der Waals surface area contributed by atoms with Crippen molar-refractivity contribution in [1.82, 2.24) is 20.2 Å². The molecule has 0 atom stereocenters. The van der Waals surface area contributed by atoms with Crippen molar-refractivity contribution in [3.8, 4) is 0 Å². The van der Waals surface area contributed by atoms with E-state index in [1.807, 2.05) is 0 Å². The number of hydrogen-bond donors (Lipinski definition) is 2. The maximum absolute atomic E-state index is 11.3. The topological polar surface area (TPSA) is 84.1 Å². The molecule has 3 N–H and O–H groups in total. The van der Waals surface area contributed by atoms with E-state index in [2.05, 4.69) is 15.3 Å². The number of fused-ring (bicyclic) bond motifs is 1. The van der Waals surface area contributed by atoms with Gasteiger partial charge in [0.1, 0.15) is 0 Å². The maximum atomic E-state index is 11.3. The van der Waals surface area contributed by atoms with Crippen LogP contribution >= 0.6 is 0 Å². The number of aromatic nitrogens is 2. The van der Waals surface area contributed by atoms with E-state index in [0.717, 1.165) is 11.3 Å². The molecule has 0 bridgehead atoms. The molecule has 0 radical (unpaired) electrons. The van der Waals surface area contributed by atoms with Gasteiger partial charge in [-0.25, -0.2) is 14.8 Å². The van der Waals surface area contributed by atoms with Crippen molar-refractivity contribution in [3.63, 3.8) is 0 Å². The summed E-state index contributed by atoms with van der Waals surface area (Å²) in [7, 11) is 1.60. The largest absolute Gasteiger partial charge is 0.368 e. The van der Waals surface area contributed by atoms with Crippen LogP contribution in [-0.2, 0) is 13.1 Å². The Hall–Kier alpha value is -1.85. The fourth-order valence-electron chi connectivity index (χ4n) is 1.47. The number of nitrogen functional groups attached to an aromatic ring is 1. The molecule has 0 fully saturated rings. The van der Waals surface area contributed by atoms with Crippen LogP contribution in [0.3, 0.4) is 0 Å². The first-order valence-corrected chi connectivity index (χ1v) is 4.27. The molecule has 0 saturated heterocycles. The van der Waals surface area contributed by atoms with Crippen LogP contribution in [-0.4, -0.2) is 27.9 Å². The number of anilines is 1. The molecule has 74 valence electrons. The fourth-order valence-corrected chi connectivity index (χ4v) is 1.47. The van der Waals surface area contributed by atoms with Crippen LogP contribution in [0.15, 0.2) is 6.20 Å². The minimum atomic E-state index is -0.110. The zero-order chi connectivity index (χ0) is 10.1. The predicted molar refractivity (Wildman–Crippen MR) is 50.1 cm³/mol. The van der Waals surface area contributed by atoms with Gasteiger partial charge < -0.3 is 16.0 Å². The number of carbonyl (C=O) groups is 1. The summed E-state index contributed by atoms with van der Waals surface area (Å²) in [5.74, 6) is 0.252. The summed E-state index contributed by atoms with van der Waals surface area (Å²) in [6, 6.07) is -0.110. The van der Waals surface area contributed by atoms with E-state index in [9.17, 15) is 4.79 Å². The van der Waals surface area contributed by atoms with Gasteiger partial charge in [-0.3, -0.25) is 0 Å². The second-order valence-electron chi connectivity index (χ2n) is 3.11. The molecule has 2 amide bonds. The van der Waals surface area contributed by atoms with Crippen LogP contribution in [0.2, 0.25) is 0 Å². The molecule has 1 aromatic rings. The third kappa shape index (κ3) is 1.34. The summed E-state index contributed by atoms with van der Waals surface area (Å²) < 4.78 is 0. The van der Waals surface area contributed by atoms with Gasteiger partial charge in [-0.1, -0.05) is 0 Å². The molecule has 0 saturated carbocycles. The van der Waals surface area contributed by atoms with Gasteiger partial charge in [0.25, 0.3) is 0 Å². The molecular weight excluding hydrogens is 182 g/mol. The molecule has 1 aliphatic heterocycles. The van der Waals surface area contributed by atoms with Crippen molar-refractivity contribution in [1.29, 1.82) is 0 Å². The van der Waals surface area contributed by atoms with E-state index >= 15 is 0 Å². The van der Waals surface area contributed by atoms with Gasteiger partial charge in [0.2, 0.25) is 5.95 Å². The van der Waals surface area contributed by atoms with Crippen molar-refractivity contribution in [2.24, 2.45) is 0 Å². The third-order valence-corrected chi connectivity index (χ3v) is 2.18. The Morgan fingerprint density at radius 1 is 1.64 bits per heavy atom. The Morgan fingerprint density at radius 2 is 2.43 bits per heavy atom. The Labute approximate surface area is 81.1 Å². The Bertz CT molecular complexity index is 378. The number of nitrogens with one attached hydrogen (secondary N) is 1. The lowest BCUT2D eigenvalue weighted by molar-refractivity contribution is 0.200. The van der Waals surface area contributed by atoms with Crippen molar-refractivity contribution >= 4 is 12.0 Å². The number of hydrogen-bond acceptors (Lipinski definition) is 4. The van der Waals surface area contributed by atoms with E-state index in [0.29, 0.717) is 13.1 Å². The highest BCUT2D eigenvalue weighted by atomic mass is 16.2. The van der Waals surface area contributed by atoms with Gasteiger partial charge >= 0.3 is 6.03 Å². The number of nitrogens with zero attached hydrogens (tertiary/aromatic N) is 3. The molecule has 2 heterocycles. The van der Waals surface area contributed by atoms with Crippen LogP contribution < -0.4 is 11.1 Å². The van der Waals surface area contributed by atoms with Crippen LogP contribution in [0, 0.1) is 0 Å². The minimum absolute atomic E-state index is 0.110. The lowest BCUT2D eigenvalue weighted by Crippen LogP contribution is -2.33. The number of amides is 2. The molecular formula is C8H11N5O. The predicted octanol–water partition coefficient (Wildman–Crippen LogP) is -0.286. The monoisotopic (exact) mass is 193 g/mol. The second kappa shape index (κ2) is 3.13. The standard InChI is InChI=1S/C8H11N5O/c1-10-8(14)13-3-5-2-11-7(9)12-6(5)4-13/h2H,3-4H2,1H3,(H,10,14)(H2,9,11,12). The SMILES string of the molecule is CNC(=O)N1Cc2cnc(N)nc2C1. The van der Waals surface area contributed by atoms with E-state index < -0.39 is 0 Å². The first kappa shape index (κ1) is 8.74. The van der Waals surface area contributed by atoms with E-state index in [1.54, 1.807) is 18.1 Å². The number of urea groups is 1. The lowest BCUT2D eigenvalue weighted by Gasteiger charge is -2.13. The quantitative estimate of drug-likeness (QED) is 0.593. The highest BCUT2D eigenvalue weighted by molar-refractivity contribution is 5.74. The maximum Gasteiger partial charge on any atom is 0.317 e. The van der Waals surface area contributed by atoms with Gasteiger partial charge in [0, 0.05) is 18.8 Å². The van der Waals surface area contributed by atoms with Crippen LogP contribution in [0.25, 0.3) is 0 Å². The molecule has 0 aliphatic carbocycles. The second-order valence-corrected chi connectivity index (χ2v) is 3.11. The molecule has 2 rings (SSSR count). The highest BCUT2D eigenvalue weighted by Crippen LogP contribution is 2.20. The highest BCUT2D eigenvalue weighted by Gasteiger charge is 2.23. The molecule has 0 unspecified atom stereocenters. The average molecular weight is 193 g/mol. The first-order valence-electron chi connectivity index (χ1n) is 4.27. The van der Waals surface area contributed by atoms with Gasteiger partial charge in [-0.15, -0.1) is 0 Å². The summed E-state index contributed by atoms with van der Waals surface area (Å²) in [5, 5.41) is 2.56. The lowest BCUT2D eigenvalue weighted by atomic mass is 10.3. The summed E-state index contributed by atoms with van der Waals surface area (Å²) >= 11 is 0. The van der Waals surface area contributed by atoms with Crippen molar-refractivity contribution in [2.75, 3.05) is 12.8 Å². The van der Waals surface area contributed by atoms with Crippen LogP contribution in [0.5, 0.6) is 0 Å². The third-order valence-electron chi connectivity index (χ3n) is 2.18. The van der Waals surface area contributed by atoms with E-state index in [-0.39, 0.29) is 12.0 Å². The van der Waals surface area contributed by atoms with E-state index in [1.165, 1.54) is 0 Å². The minimum Gasteiger partial charge on any atom is -0.368 e. The molecule has 6 nitrogen and oxygen atoms in total. The zero-order valence-electron chi connectivity index (χ0n) is 7.82. The van der Waals surface area contributed by atoms with Gasteiger partial charge in [-0.05, 0) is 0 Å². The smallest absolute Gasteiger partial charge is 0.317 e. The fraction of sp³-hybridized carbons (Fsp3) is 0.375. The van der Waals surface area contributed by atoms with Gasteiger partial charge in [-0.2, -0.15) is 0 Å². The molecule has 6 heteroatoms. The molecule has 1 aliphatic rings. The van der Waals surface area contributed by atoms with Crippen LogP contribution in [0.1, 0.15) is 11.3 Å². The summed E-state index contributed by atoms with van der Waals surface area (Å²) in [6.45, 7) is 1.05. The summed E-state index contributed by atoms with van der Waals surface area (Å²) in [5.41, 5.74) is 7.24. The van der Waals surface area contributed by atoms with Crippen molar-refractivity contribution in [2.45, 2.75) is 13.1 Å². The van der Waals surface area contributed by atoms with Gasteiger partial charge in [0.15, 0.2) is 0 Å². The molecule has 14 heavy (non-hydrogen) atoms. The molecule has 0 aromatic carbocycles. The average Bonchev–Trinajstić information content (AvgIpc) is 2.59. The molecule has 1 aromatic heterocycles. The summed E-state index contributed by atoms with van der Waals surface area (Å²) in [4.78, 5) is 20.9. The van der Waals surface area contributed by atoms with Crippen LogP contribution in [0.4, 0.5) is 10.7 Å². The first-order chi connectivity index (χ1) is 6.70. The summed E-state index contributed by atoms with van der Waals surface area (Å²) in [6.07, 6.45) is 1.67. The van der Waals surface area contributed by atoms with Crippen molar-refractivity contribution in [3.05, 3.63) is 17.5 Å². The number of nitrogens with two attached hydrogens (primary N) is 1.